The third-order valence-electron chi connectivity index (χ3n) is 12.6. The Morgan fingerprint density at radius 2 is 0.839 bits per heavy atom. The highest BCUT2D eigenvalue weighted by Gasteiger charge is 2.38. The summed E-state index contributed by atoms with van der Waals surface area (Å²) in [5.41, 5.74) is 20.4. The topological polar surface area (TPSA) is 16.4 Å². The van der Waals surface area contributed by atoms with Crippen LogP contribution < -0.4 is 4.90 Å². The smallest absolute Gasteiger partial charge is 0.159 e. The van der Waals surface area contributed by atoms with Crippen molar-refractivity contribution < 1.29 is 4.42 Å². The SMILES string of the molecule is CC1(C)c2ccccc2-c2cccc(-c3cccc(N(c4cccc(-c5cccc6c5C(C)(C)c5ccccc5-6)c4)c4cccc5c4oc4ccccc45)c3)c21. The van der Waals surface area contributed by atoms with Crippen molar-refractivity contribution in [1.82, 2.24) is 0 Å². The first-order valence-electron chi connectivity index (χ1n) is 19.7. The highest BCUT2D eigenvalue weighted by atomic mass is 16.3. The molecule has 0 amide bonds. The average molecular weight is 720 g/mol. The predicted octanol–water partition coefficient (Wildman–Crippen LogP) is 15.0. The van der Waals surface area contributed by atoms with E-state index in [1.54, 1.807) is 0 Å². The molecule has 0 spiro atoms. The molecular formula is C54H41NO. The van der Waals surface area contributed by atoms with Crippen LogP contribution in [0.2, 0.25) is 0 Å². The zero-order valence-corrected chi connectivity index (χ0v) is 32.1. The lowest BCUT2D eigenvalue weighted by molar-refractivity contribution is 0.662. The van der Waals surface area contributed by atoms with E-state index in [9.17, 15) is 0 Å². The summed E-state index contributed by atoms with van der Waals surface area (Å²) < 4.78 is 6.74. The van der Waals surface area contributed by atoms with E-state index in [1.165, 1.54) is 66.8 Å². The second-order valence-corrected chi connectivity index (χ2v) is 16.5. The number of hydrogen-bond acceptors (Lipinski definition) is 2. The molecule has 8 aromatic carbocycles. The Hall–Kier alpha value is -6.64. The Balaban J connectivity index is 1.12. The van der Waals surface area contributed by atoms with Crippen LogP contribution in [0.25, 0.3) is 66.4 Å². The van der Waals surface area contributed by atoms with E-state index in [-0.39, 0.29) is 10.8 Å². The van der Waals surface area contributed by atoms with Crippen LogP contribution in [0.15, 0.2) is 180 Å². The number of nitrogens with zero attached hydrogens (tertiary/aromatic N) is 1. The van der Waals surface area contributed by atoms with E-state index in [0.29, 0.717) is 0 Å². The monoisotopic (exact) mass is 719 g/mol. The minimum Gasteiger partial charge on any atom is -0.454 e. The molecule has 1 heterocycles. The van der Waals surface area contributed by atoms with Gasteiger partial charge < -0.3 is 9.32 Å². The van der Waals surface area contributed by atoms with E-state index in [0.717, 1.165) is 39.0 Å². The van der Waals surface area contributed by atoms with Crippen LogP contribution in [0, 0.1) is 0 Å². The maximum atomic E-state index is 6.74. The van der Waals surface area contributed by atoms with Gasteiger partial charge >= 0.3 is 0 Å². The Labute approximate surface area is 328 Å². The van der Waals surface area contributed by atoms with Gasteiger partial charge in [-0.05, 0) is 103 Å². The fourth-order valence-corrected chi connectivity index (χ4v) is 10.1. The number of anilines is 3. The summed E-state index contributed by atoms with van der Waals surface area (Å²) in [6, 6.07) is 64.4. The first-order valence-corrected chi connectivity index (χ1v) is 19.7. The summed E-state index contributed by atoms with van der Waals surface area (Å²) in [6.07, 6.45) is 0. The van der Waals surface area contributed by atoms with Gasteiger partial charge in [-0.15, -0.1) is 0 Å². The fourth-order valence-electron chi connectivity index (χ4n) is 10.1. The van der Waals surface area contributed by atoms with Gasteiger partial charge in [0, 0.05) is 33.0 Å². The highest BCUT2D eigenvalue weighted by Crippen LogP contribution is 2.54. The van der Waals surface area contributed by atoms with Gasteiger partial charge in [-0.2, -0.15) is 0 Å². The lowest BCUT2D eigenvalue weighted by atomic mass is 9.79. The minimum absolute atomic E-state index is 0.129. The zero-order chi connectivity index (χ0) is 37.8. The lowest BCUT2D eigenvalue weighted by Gasteiger charge is -2.28. The van der Waals surface area contributed by atoms with Gasteiger partial charge in [-0.1, -0.05) is 167 Å². The molecule has 0 unspecified atom stereocenters. The van der Waals surface area contributed by atoms with E-state index < -0.39 is 0 Å². The van der Waals surface area contributed by atoms with Crippen LogP contribution in [-0.2, 0) is 10.8 Å². The number of fused-ring (bicyclic) bond motifs is 9. The molecule has 2 aliphatic rings. The minimum atomic E-state index is -0.129. The molecule has 56 heavy (non-hydrogen) atoms. The molecule has 2 nitrogen and oxygen atoms in total. The Morgan fingerprint density at radius 1 is 0.393 bits per heavy atom. The molecule has 0 saturated carbocycles. The molecule has 1 aromatic heterocycles. The quantitative estimate of drug-likeness (QED) is 0.176. The molecular weight excluding hydrogens is 679 g/mol. The highest BCUT2D eigenvalue weighted by molar-refractivity contribution is 6.10. The fraction of sp³-hybridized carbons (Fsp3) is 0.111. The Morgan fingerprint density at radius 3 is 1.43 bits per heavy atom. The summed E-state index contributed by atoms with van der Waals surface area (Å²) in [4.78, 5) is 2.39. The van der Waals surface area contributed by atoms with Crippen molar-refractivity contribution in [2.75, 3.05) is 4.90 Å². The van der Waals surface area contributed by atoms with Crippen molar-refractivity contribution in [3.63, 3.8) is 0 Å². The molecule has 0 bridgehead atoms. The predicted molar refractivity (Wildman–Crippen MR) is 234 cm³/mol. The number of para-hydroxylation sites is 2. The Kier molecular flexibility index (Phi) is 6.98. The van der Waals surface area contributed by atoms with E-state index in [2.05, 4.69) is 202 Å². The normalized spacial score (nSPS) is 14.4. The standard InChI is InChI=1S/C54H41NO/c1-53(2)46-28-8-5-20-40(46)43-25-13-23-38(50(43)53)34-16-11-18-36(32-34)55(48-30-15-27-45-42-22-7-10-31-49(42)56-52(45)48)37-19-12-17-35(33-37)39-24-14-26-44-41-21-6-9-29-47(41)54(3,4)51(39)44/h5-33H,1-4H3. The summed E-state index contributed by atoms with van der Waals surface area (Å²) in [6.45, 7) is 9.47. The molecule has 0 radical (unpaired) electrons. The van der Waals surface area contributed by atoms with Crippen LogP contribution in [0.1, 0.15) is 49.9 Å². The van der Waals surface area contributed by atoms with Gasteiger partial charge in [-0.3, -0.25) is 0 Å². The van der Waals surface area contributed by atoms with Crippen molar-refractivity contribution in [1.29, 1.82) is 0 Å². The lowest BCUT2D eigenvalue weighted by Crippen LogP contribution is -2.16. The van der Waals surface area contributed by atoms with Crippen LogP contribution in [0.3, 0.4) is 0 Å². The van der Waals surface area contributed by atoms with E-state index in [4.69, 9.17) is 4.42 Å². The number of hydrogen-bond donors (Lipinski definition) is 0. The molecule has 2 aliphatic carbocycles. The maximum Gasteiger partial charge on any atom is 0.159 e. The number of benzene rings is 8. The molecule has 0 atom stereocenters. The van der Waals surface area contributed by atoms with Crippen molar-refractivity contribution >= 4 is 39.0 Å². The number of rotatable bonds is 5. The molecule has 2 heteroatoms. The van der Waals surface area contributed by atoms with Gasteiger partial charge in [0.15, 0.2) is 5.58 Å². The average Bonchev–Trinajstić information content (AvgIpc) is 3.82. The van der Waals surface area contributed by atoms with Gasteiger partial charge in [0.2, 0.25) is 0 Å². The van der Waals surface area contributed by atoms with Gasteiger partial charge in [0.05, 0.1) is 5.69 Å². The third kappa shape index (κ3) is 4.62. The van der Waals surface area contributed by atoms with E-state index >= 15 is 0 Å². The summed E-state index contributed by atoms with van der Waals surface area (Å²) in [5.74, 6) is 0. The van der Waals surface area contributed by atoms with Gasteiger partial charge in [-0.25, -0.2) is 0 Å². The van der Waals surface area contributed by atoms with Crippen LogP contribution in [0.4, 0.5) is 17.1 Å². The molecule has 9 aromatic rings. The van der Waals surface area contributed by atoms with Crippen molar-refractivity contribution in [2.24, 2.45) is 0 Å². The van der Waals surface area contributed by atoms with Gasteiger partial charge in [0.25, 0.3) is 0 Å². The third-order valence-corrected chi connectivity index (χ3v) is 12.6. The summed E-state index contributed by atoms with van der Waals surface area (Å²) in [7, 11) is 0. The first-order chi connectivity index (χ1) is 27.3. The largest absolute Gasteiger partial charge is 0.454 e. The van der Waals surface area contributed by atoms with Crippen LogP contribution in [0.5, 0.6) is 0 Å². The van der Waals surface area contributed by atoms with E-state index in [1.807, 2.05) is 6.07 Å². The number of furan rings is 1. The Bertz CT molecular complexity index is 2900. The molecule has 0 N–H and O–H groups in total. The summed E-state index contributed by atoms with van der Waals surface area (Å²) in [5, 5.41) is 2.23. The first kappa shape index (κ1) is 32.8. The second-order valence-electron chi connectivity index (χ2n) is 16.5. The van der Waals surface area contributed by atoms with Crippen LogP contribution >= 0.6 is 0 Å². The van der Waals surface area contributed by atoms with Crippen molar-refractivity contribution in [2.45, 2.75) is 38.5 Å². The molecule has 0 aliphatic heterocycles. The zero-order valence-electron chi connectivity index (χ0n) is 32.1. The maximum absolute atomic E-state index is 6.74. The van der Waals surface area contributed by atoms with Gasteiger partial charge in [0.1, 0.15) is 5.58 Å². The molecule has 268 valence electrons. The molecule has 11 rings (SSSR count). The van der Waals surface area contributed by atoms with Crippen molar-refractivity contribution in [3.05, 3.63) is 198 Å². The molecule has 0 saturated heterocycles. The second kappa shape index (κ2) is 11.9. The molecule has 0 fully saturated rings. The summed E-state index contributed by atoms with van der Waals surface area (Å²) >= 11 is 0. The van der Waals surface area contributed by atoms with Crippen LogP contribution in [-0.4, -0.2) is 0 Å². The van der Waals surface area contributed by atoms with Crippen molar-refractivity contribution in [3.8, 4) is 44.5 Å².